The molecule has 0 aliphatic heterocycles. The van der Waals surface area contributed by atoms with Crippen molar-refractivity contribution in [3.05, 3.63) is 42.5 Å². The summed E-state index contributed by atoms with van der Waals surface area (Å²) in [4.78, 5) is 12.5. The molecule has 4 nitrogen and oxygen atoms in total. The van der Waals surface area contributed by atoms with Crippen molar-refractivity contribution in [2.75, 3.05) is 6.61 Å². The van der Waals surface area contributed by atoms with Gasteiger partial charge in [-0.25, -0.2) is 5.09 Å². The molecule has 1 N–H and O–H groups in total. The van der Waals surface area contributed by atoms with E-state index in [0.29, 0.717) is 6.61 Å². The minimum atomic E-state index is -2.62. The Kier molecular flexibility index (Phi) is 6.96. The summed E-state index contributed by atoms with van der Waals surface area (Å²) < 4.78 is 11.9. The first-order valence-corrected chi connectivity index (χ1v) is 12.3. The van der Waals surface area contributed by atoms with E-state index in [4.69, 9.17) is 21.1 Å². The van der Waals surface area contributed by atoms with Crippen molar-refractivity contribution in [3.8, 4) is 5.75 Å². The van der Waals surface area contributed by atoms with E-state index in [2.05, 4.69) is 5.09 Å². The van der Waals surface area contributed by atoms with E-state index in [0.717, 1.165) is 16.5 Å². The number of fused-ring (bicyclic) bond motifs is 1. The standard InChI is InChI=1S/C22H32NO3PS/c1-16(20(24)25-15-21(2,3)4)23-27(28,22(5,6)7)26-19-14-10-12-17-11-8-9-13-18(17)19/h8-14,16H,15H2,1-7H3,(H,23,28)/t16-,27?/m1/s1. The zero-order chi connectivity index (χ0) is 21.2. The number of esters is 1. The highest BCUT2D eigenvalue weighted by Gasteiger charge is 2.38. The van der Waals surface area contributed by atoms with Crippen LogP contribution in [0, 0.1) is 5.41 Å². The van der Waals surface area contributed by atoms with Gasteiger partial charge >= 0.3 is 5.97 Å². The Bertz CT molecular complexity index is 878. The van der Waals surface area contributed by atoms with Gasteiger partial charge < -0.3 is 9.26 Å². The topological polar surface area (TPSA) is 47.6 Å². The number of benzene rings is 2. The SMILES string of the molecule is C[C@@H](NP(=S)(Oc1cccc2ccccc12)C(C)(C)C)C(=O)OCC(C)(C)C. The highest BCUT2D eigenvalue weighted by atomic mass is 32.4. The van der Waals surface area contributed by atoms with Crippen molar-refractivity contribution in [1.82, 2.24) is 5.09 Å². The summed E-state index contributed by atoms with van der Waals surface area (Å²) in [5.41, 5.74) is -0.0843. The van der Waals surface area contributed by atoms with Crippen molar-refractivity contribution < 1.29 is 14.1 Å². The Morgan fingerprint density at radius 2 is 1.68 bits per heavy atom. The first-order chi connectivity index (χ1) is 12.8. The Morgan fingerprint density at radius 1 is 1.07 bits per heavy atom. The summed E-state index contributed by atoms with van der Waals surface area (Å²) in [6, 6.07) is 13.4. The summed E-state index contributed by atoms with van der Waals surface area (Å²) in [5, 5.41) is 5.06. The molecule has 0 radical (unpaired) electrons. The molecule has 2 rings (SSSR count). The lowest BCUT2D eigenvalue weighted by Crippen LogP contribution is -2.40. The average Bonchev–Trinajstić information content (AvgIpc) is 2.58. The fourth-order valence-electron chi connectivity index (χ4n) is 2.49. The monoisotopic (exact) mass is 421 g/mol. The second kappa shape index (κ2) is 8.52. The van der Waals surface area contributed by atoms with E-state index >= 15 is 0 Å². The lowest BCUT2D eigenvalue weighted by molar-refractivity contribution is -0.147. The molecule has 0 aliphatic rings. The van der Waals surface area contributed by atoms with Gasteiger partial charge in [-0.1, -0.05) is 77.9 Å². The molecule has 2 atom stereocenters. The van der Waals surface area contributed by atoms with Crippen LogP contribution in [0.5, 0.6) is 5.75 Å². The summed E-state index contributed by atoms with van der Waals surface area (Å²) in [6.45, 7) is 14.4. The third kappa shape index (κ3) is 5.79. The van der Waals surface area contributed by atoms with Crippen LogP contribution in [-0.4, -0.2) is 23.8 Å². The predicted octanol–water partition coefficient (Wildman–Crippen LogP) is 5.89. The number of nitrogens with one attached hydrogen (secondary N) is 1. The van der Waals surface area contributed by atoms with Crippen LogP contribution in [-0.2, 0) is 21.3 Å². The van der Waals surface area contributed by atoms with Crippen LogP contribution in [0.3, 0.4) is 0 Å². The Morgan fingerprint density at radius 3 is 2.29 bits per heavy atom. The quantitative estimate of drug-likeness (QED) is 0.465. The van der Waals surface area contributed by atoms with Crippen LogP contribution >= 0.6 is 6.42 Å². The van der Waals surface area contributed by atoms with E-state index in [1.165, 1.54) is 0 Å². The van der Waals surface area contributed by atoms with E-state index in [1.54, 1.807) is 6.92 Å². The molecule has 2 aromatic rings. The van der Waals surface area contributed by atoms with Gasteiger partial charge in [0.1, 0.15) is 11.8 Å². The molecule has 6 heteroatoms. The second-order valence-electron chi connectivity index (χ2n) is 9.31. The van der Waals surface area contributed by atoms with Gasteiger partial charge in [0.15, 0.2) is 6.42 Å². The van der Waals surface area contributed by atoms with Crippen molar-refractivity contribution >= 4 is 35.0 Å². The Hall–Kier alpha value is -1.42. The van der Waals surface area contributed by atoms with E-state index in [9.17, 15) is 4.79 Å². The molecule has 2 aromatic carbocycles. The third-order valence-corrected chi connectivity index (χ3v) is 9.35. The molecule has 0 aliphatic carbocycles. The lowest BCUT2D eigenvalue weighted by Gasteiger charge is -2.37. The zero-order valence-corrected chi connectivity index (χ0v) is 19.6. The molecule has 0 bridgehead atoms. The van der Waals surface area contributed by atoms with Crippen LogP contribution in [0.2, 0.25) is 0 Å². The Labute approximate surface area is 174 Å². The summed E-state index contributed by atoms with van der Waals surface area (Å²) >= 11 is 6.01. The highest BCUT2D eigenvalue weighted by Crippen LogP contribution is 2.56. The average molecular weight is 422 g/mol. The largest absolute Gasteiger partial charge is 0.464 e. The van der Waals surface area contributed by atoms with Gasteiger partial charge in [0.25, 0.3) is 0 Å². The fourth-order valence-corrected chi connectivity index (χ4v) is 4.97. The van der Waals surface area contributed by atoms with Crippen LogP contribution in [0.4, 0.5) is 0 Å². The number of hydrogen-bond donors (Lipinski definition) is 1. The van der Waals surface area contributed by atoms with Crippen LogP contribution in [0.15, 0.2) is 42.5 Å². The number of ether oxygens (including phenoxy) is 1. The fraction of sp³-hybridized carbons (Fsp3) is 0.500. The van der Waals surface area contributed by atoms with Crippen LogP contribution < -0.4 is 9.61 Å². The van der Waals surface area contributed by atoms with Crippen LogP contribution in [0.25, 0.3) is 10.8 Å². The van der Waals surface area contributed by atoms with E-state index < -0.39 is 12.5 Å². The molecule has 0 saturated carbocycles. The number of carbonyl (C=O) groups is 1. The van der Waals surface area contributed by atoms with Gasteiger partial charge in [-0.15, -0.1) is 0 Å². The molecule has 154 valence electrons. The molecule has 0 heterocycles. The van der Waals surface area contributed by atoms with Crippen molar-refractivity contribution in [2.45, 2.75) is 59.7 Å². The lowest BCUT2D eigenvalue weighted by atomic mass is 9.99. The van der Waals surface area contributed by atoms with Gasteiger partial charge in [-0.3, -0.25) is 4.79 Å². The summed E-state index contributed by atoms with van der Waals surface area (Å²) in [5.74, 6) is 0.425. The molecule has 0 saturated heterocycles. The van der Waals surface area contributed by atoms with E-state index in [-0.39, 0.29) is 16.5 Å². The first kappa shape index (κ1) is 22.9. The molecule has 1 unspecified atom stereocenters. The molecule has 0 fully saturated rings. The molecule has 0 amide bonds. The first-order valence-electron chi connectivity index (χ1n) is 9.54. The van der Waals surface area contributed by atoms with Gasteiger partial charge in [-0.05, 0) is 35.6 Å². The molecule has 0 spiro atoms. The third-order valence-electron chi connectivity index (χ3n) is 4.22. The molecular weight excluding hydrogens is 389 g/mol. The number of rotatable bonds is 6. The summed E-state index contributed by atoms with van der Waals surface area (Å²) in [7, 11) is 0. The van der Waals surface area contributed by atoms with Crippen molar-refractivity contribution in [3.63, 3.8) is 0 Å². The minimum Gasteiger partial charge on any atom is -0.464 e. The van der Waals surface area contributed by atoms with Gasteiger partial charge in [0.05, 0.1) is 6.61 Å². The van der Waals surface area contributed by atoms with Gasteiger partial charge in [-0.2, -0.15) is 0 Å². The van der Waals surface area contributed by atoms with Crippen molar-refractivity contribution in [1.29, 1.82) is 0 Å². The van der Waals surface area contributed by atoms with E-state index in [1.807, 2.05) is 84.0 Å². The maximum atomic E-state index is 12.5. The van der Waals surface area contributed by atoms with Crippen molar-refractivity contribution in [2.24, 2.45) is 5.41 Å². The Balaban J connectivity index is 2.27. The predicted molar refractivity (Wildman–Crippen MR) is 122 cm³/mol. The summed E-state index contributed by atoms with van der Waals surface area (Å²) in [6.07, 6.45) is -2.62. The maximum Gasteiger partial charge on any atom is 0.323 e. The van der Waals surface area contributed by atoms with Gasteiger partial charge in [0, 0.05) is 10.5 Å². The second-order valence-corrected chi connectivity index (χ2v) is 13.7. The maximum absolute atomic E-state index is 12.5. The molecule has 0 aromatic heterocycles. The zero-order valence-electron chi connectivity index (χ0n) is 17.9. The number of carbonyl (C=O) groups excluding carboxylic acids is 1. The van der Waals surface area contributed by atoms with Crippen LogP contribution in [0.1, 0.15) is 48.5 Å². The highest BCUT2D eigenvalue weighted by molar-refractivity contribution is 8.12. The molecular formula is C22H32NO3PS. The normalized spacial score (nSPS) is 15.7. The van der Waals surface area contributed by atoms with Gasteiger partial charge in [0.2, 0.25) is 0 Å². The number of hydrogen-bond acceptors (Lipinski definition) is 4. The smallest absolute Gasteiger partial charge is 0.323 e. The minimum absolute atomic E-state index is 0.0843. The molecule has 28 heavy (non-hydrogen) atoms.